The van der Waals surface area contributed by atoms with E-state index < -0.39 is 0 Å². The summed E-state index contributed by atoms with van der Waals surface area (Å²) in [7, 11) is 0. The average molecular weight is 281 g/mol. The lowest BCUT2D eigenvalue weighted by Gasteiger charge is -2.29. The third-order valence-corrected chi connectivity index (χ3v) is 3.57. The second kappa shape index (κ2) is 5.59. The van der Waals surface area contributed by atoms with Gasteiger partial charge in [-0.2, -0.15) is 0 Å². The zero-order valence-corrected chi connectivity index (χ0v) is 11.5. The van der Waals surface area contributed by atoms with E-state index in [-0.39, 0.29) is 5.54 Å². The maximum absolute atomic E-state index is 6.11. The number of hydrogen-bond donors (Lipinski definition) is 1. The van der Waals surface area contributed by atoms with Crippen molar-refractivity contribution >= 4 is 29.0 Å². The topological polar surface area (TPSA) is 24.9 Å². The van der Waals surface area contributed by atoms with Gasteiger partial charge in [-0.15, -0.1) is 11.6 Å². The minimum Gasteiger partial charge on any atom is -0.360 e. The van der Waals surface area contributed by atoms with E-state index in [1.54, 1.807) is 12.3 Å². The van der Waals surface area contributed by atoms with Crippen LogP contribution in [0.5, 0.6) is 0 Å². The Morgan fingerprint density at radius 1 is 1.17 bits per heavy atom. The number of hydrogen-bond acceptors (Lipinski definition) is 2. The summed E-state index contributed by atoms with van der Waals surface area (Å²) in [6.07, 6.45) is 1.61. The lowest BCUT2D eigenvalue weighted by molar-refractivity contribution is 0.614. The van der Waals surface area contributed by atoms with E-state index in [0.717, 1.165) is 11.4 Å². The number of aromatic nitrogens is 1. The monoisotopic (exact) mass is 280 g/mol. The summed E-state index contributed by atoms with van der Waals surface area (Å²) in [4.78, 5) is 4.24. The van der Waals surface area contributed by atoms with Crippen molar-refractivity contribution in [2.24, 2.45) is 0 Å². The molecule has 2 rings (SSSR count). The van der Waals surface area contributed by atoms with Crippen LogP contribution in [0.25, 0.3) is 0 Å². The molecule has 1 unspecified atom stereocenters. The van der Waals surface area contributed by atoms with Gasteiger partial charge in [-0.05, 0) is 24.6 Å². The lowest BCUT2D eigenvalue weighted by Crippen LogP contribution is -2.34. The second-order valence-corrected chi connectivity index (χ2v) is 5.02. The Morgan fingerprint density at radius 3 is 2.44 bits per heavy atom. The molecule has 18 heavy (non-hydrogen) atoms. The molecule has 0 fully saturated rings. The first kappa shape index (κ1) is 13.2. The molecule has 1 heterocycles. The highest BCUT2D eigenvalue weighted by atomic mass is 35.5. The van der Waals surface area contributed by atoms with Crippen molar-refractivity contribution < 1.29 is 0 Å². The number of rotatable bonds is 4. The molecule has 0 amide bonds. The van der Waals surface area contributed by atoms with Crippen molar-refractivity contribution in [2.75, 3.05) is 11.2 Å². The van der Waals surface area contributed by atoms with Crippen LogP contribution in [0.4, 0.5) is 5.82 Å². The molecule has 0 aliphatic heterocycles. The summed E-state index contributed by atoms with van der Waals surface area (Å²) in [6.45, 7) is 2.05. The van der Waals surface area contributed by atoms with E-state index in [1.165, 1.54) is 0 Å². The Bertz CT molecular complexity index is 499. The Labute approximate surface area is 117 Å². The quantitative estimate of drug-likeness (QED) is 0.845. The van der Waals surface area contributed by atoms with Gasteiger partial charge in [0.05, 0.1) is 10.6 Å². The first-order chi connectivity index (χ1) is 8.64. The highest BCUT2D eigenvalue weighted by Gasteiger charge is 2.25. The van der Waals surface area contributed by atoms with E-state index in [1.807, 2.05) is 43.3 Å². The Morgan fingerprint density at radius 2 is 1.89 bits per heavy atom. The summed E-state index contributed by atoms with van der Waals surface area (Å²) in [5.41, 5.74) is 0.764. The number of nitrogens with one attached hydrogen (secondary N) is 1. The predicted octanol–water partition coefficient (Wildman–Crippen LogP) is 4.30. The number of anilines is 1. The van der Waals surface area contributed by atoms with Gasteiger partial charge in [-0.25, -0.2) is 4.98 Å². The van der Waals surface area contributed by atoms with Gasteiger partial charge in [0.1, 0.15) is 5.82 Å². The van der Waals surface area contributed by atoms with E-state index in [4.69, 9.17) is 23.2 Å². The summed E-state index contributed by atoms with van der Waals surface area (Å²) in [6, 6.07) is 13.7. The number of benzene rings is 1. The SMILES string of the molecule is CC(CCl)(Nc1ccc(Cl)cn1)c1ccccc1. The minimum atomic E-state index is -0.357. The Balaban J connectivity index is 2.26. The fourth-order valence-electron chi connectivity index (χ4n) is 1.72. The van der Waals surface area contributed by atoms with Crippen molar-refractivity contribution in [3.8, 4) is 0 Å². The average Bonchev–Trinajstić information content (AvgIpc) is 2.42. The molecular weight excluding hydrogens is 267 g/mol. The van der Waals surface area contributed by atoms with Crippen LogP contribution in [0.2, 0.25) is 5.02 Å². The molecule has 0 aliphatic carbocycles. The van der Waals surface area contributed by atoms with Gasteiger partial charge in [-0.3, -0.25) is 0 Å². The minimum absolute atomic E-state index is 0.357. The molecular formula is C14H14Cl2N2. The summed E-state index contributed by atoms with van der Waals surface area (Å²) in [5, 5.41) is 3.97. The number of pyridine rings is 1. The molecule has 2 aromatic rings. The third-order valence-electron chi connectivity index (χ3n) is 2.81. The molecule has 1 aromatic heterocycles. The maximum Gasteiger partial charge on any atom is 0.126 e. The van der Waals surface area contributed by atoms with Gasteiger partial charge >= 0.3 is 0 Å². The van der Waals surface area contributed by atoms with Crippen LogP contribution in [-0.2, 0) is 5.54 Å². The zero-order valence-electron chi connectivity index (χ0n) is 10.0. The first-order valence-corrected chi connectivity index (χ1v) is 6.56. The summed E-state index contributed by atoms with van der Waals surface area (Å²) >= 11 is 11.9. The van der Waals surface area contributed by atoms with Crippen molar-refractivity contribution in [3.05, 3.63) is 59.2 Å². The maximum atomic E-state index is 6.11. The molecule has 0 saturated carbocycles. The summed E-state index contributed by atoms with van der Waals surface area (Å²) < 4.78 is 0. The Kier molecular flexibility index (Phi) is 4.10. The van der Waals surface area contributed by atoms with E-state index in [2.05, 4.69) is 10.3 Å². The highest BCUT2D eigenvalue weighted by Crippen LogP contribution is 2.26. The van der Waals surface area contributed by atoms with Gasteiger partial charge in [0.15, 0.2) is 0 Å². The molecule has 2 nitrogen and oxygen atoms in total. The van der Waals surface area contributed by atoms with Crippen LogP contribution in [0, 0.1) is 0 Å². The molecule has 1 atom stereocenters. The number of halogens is 2. The van der Waals surface area contributed by atoms with Gasteiger partial charge in [-0.1, -0.05) is 41.9 Å². The van der Waals surface area contributed by atoms with Crippen molar-refractivity contribution in [1.29, 1.82) is 0 Å². The molecule has 0 saturated heterocycles. The fourth-order valence-corrected chi connectivity index (χ4v) is 2.05. The van der Waals surface area contributed by atoms with Gasteiger partial charge in [0.25, 0.3) is 0 Å². The highest BCUT2D eigenvalue weighted by molar-refractivity contribution is 6.30. The normalized spacial score (nSPS) is 13.9. The van der Waals surface area contributed by atoms with Gasteiger partial charge < -0.3 is 5.32 Å². The summed E-state index contributed by atoms with van der Waals surface area (Å²) in [5.74, 6) is 1.20. The molecule has 0 bridgehead atoms. The number of alkyl halides is 1. The van der Waals surface area contributed by atoms with Crippen LogP contribution in [0.15, 0.2) is 48.7 Å². The van der Waals surface area contributed by atoms with E-state index in [9.17, 15) is 0 Å². The predicted molar refractivity (Wildman–Crippen MR) is 77.4 cm³/mol. The molecule has 1 aromatic carbocycles. The van der Waals surface area contributed by atoms with Crippen LogP contribution in [-0.4, -0.2) is 10.9 Å². The second-order valence-electron chi connectivity index (χ2n) is 4.32. The van der Waals surface area contributed by atoms with Gasteiger partial charge in [0.2, 0.25) is 0 Å². The van der Waals surface area contributed by atoms with Crippen LogP contribution in [0.1, 0.15) is 12.5 Å². The Hall–Kier alpha value is -1.25. The zero-order chi connectivity index (χ0) is 13.0. The van der Waals surface area contributed by atoms with Crippen LogP contribution < -0.4 is 5.32 Å². The smallest absolute Gasteiger partial charge is 0.126 e. The largest absolute Gasteiger partial charge is 0.360 e. The fraction of sp³-hybridized carbons (Fsp3) is 0.214. The lowest BCUT2D eigenvalue weighted by atomic mass is 9.94. The third kappa shape index (κ3) is 2.95. The van der Waals surface area contributed by atoms with Crippen molar-refractivity contribution in [2.45, 2.75) is 12.5 Å². The van der Waals surface area contributed by atoms with Crippen LogP contribution >= 0.6 is 23.2 Å². The first-order valence-electron chi connectivity index (χ1n) is 5.65. The molecule has 94 valence electrons. The molecule has 0 radical (unpaired) electrons. The standard InChI is InChI=1S/C14H14Cl2N2/c1-14(10-15,11-5-3-2-4-6-11)18-13-8-7-12(16)9-17-13/h2-9H,10H2,1H3,(H,17,18). The molecule has 4 heteroatoms. The van der Waals surface area contributed by atoms with E-state index in [0.29, 0.717) is 10.9 Å². The van der Waals surface area contributed by atoms with Crippen molar-refractivity contribution in [3.63, 3.8) is 0 Å². The molecule has 1 N–H and O–H groups in total. The van der Waals surface area contributed by atoms with Crippen LogP contribution in [0.3, 0.4) is 0 Å². The van der Waals surface area contributed by atoms with Crippen molar-refractivity contribution in [1.82, 2.24) is 4.98 Å². The number of nitrogens with zero attached hydrogens (tertiary/aromatic N) is 1. The van der Waals surface area contributed by atoms with Gasteiger partial charge in [0, 0.05) is 12.1 Å². The molecule has 0 spiro atoms. The molecule has 0 aliphatic rings. The van der Waals surface area contributed by atoms with E-state index >= 15 is 0 Å².